The Kier molecular flexibility index (Phi) is 3.63. The van der Waals surface area contributed by atoms with Crippen LogP contribution in [0.3, 0.4) is 0 Å². The Balaban J connectivity index is 2.09. The van der Waals surface area contributed by atoms with E-state index < -0.39 is 12.1 Å². The van der Waals surface area contributed by atoms with Crippen molar-refractivity contribution in [3.05, 3.63) is 28.2 Å². The van der Waals surface area contributed by atoms with Crippen LogP contribution >= 0.6 is 23.2 Å². The first-order valence-corrected chi connectivity index (χ1v) is 5.89. The zero-order chi connectivity index (χ0) is 13.3. The lowest BCUT2D eigenvalue weighted by molar-refractivity contribution is -0.119. The molecule has 18 heavy (non-hydrogen) atoms. The van der Waals surface area contributed by atoms with Crippen molar-refractivity contribution >= 4 is 40.9 Å². The minimum absolute atomic E-state index is 0.0372. The molecule has 0 spiro atoms. The van der Waals surface area contributed by atoms with Gasteiger partial charge in [-0.1, -0.05) is 23.2 Å². The number of nitrogens with one attached hydrogen (secondary N) is 1. The van der Waals surface area contributed by atoms with Crippen LogP contribution in [-0.2, 0) is 9.53 Å². The largest absolute Gasteiger partial charge is 0.447 e. The highest BCUT2D eigenvalue weighted by atomic mass is 35.5. The molecular formula is C11H10Cl2N2O3. The van der Waals surface area contributed by atoms with Gasteiger partial charge in [-0.25, -0.2) is 4.79 Å². The summed E-state index contributed by atoms with van der Waals surface area (Å²) in [6, 6.07) is 4.06. The Morgan fingerprint density at radius 3 is 2.50 bits per heavy atom. The fourth-order valence-electron chi connectivity index (χ4n) is 1.59. The number of halogens is 2. The number of amides is 2. The van der Waals surface area contributed by atoms with E-state index in [4.69, 9.17) is 27.9 Å². The summed E-state index contributed by atoms with van der Waals surface area (Å²) in [5, 5.41) is 3.48. The maximum Gasteiger partial charge on any atom is 0.410 e. The van der Waals surface area contributed by atoms with E-state index in [0.717, 1.165) is 0 Å². The Morgan fingerprint density at radius 2 is 2.00 bits per heavy atom. The molecule has 7 heteroatoms. The molecule has 1 aromatic carbocycles. The van der Waals surface area contributed by atoms with Crippen LogP contribution in [0.5, 0.6) is 0 Å². The van der Waals surface area contributed by atoms with Gasteiger partial charge >= 0.3 is 6.09 Å². The first kappa shape index (κ1) is 13.0. The van der Waals surface area contributed by atoms with Crippen molar-refractivity contribution in [2.75, 3.05) is 19.0 Å². The van der Waals surface area contributed by atoms with Crippen molar-refractivity contribution in [3.63, 3.8) is 0 Å². The minimum Gasteiger partial charge on any atom is -0.447 e. The highest BCUT2D eigenvalue weighted by molar-refractivity contribution is 6.35. The third-order valence-electron chi connectivity index (χ3n) is 2.55. The number of hydrogen-bond acceptors (Lipinski definition) is 3. The molecule has 1 fully saturated rings. The third kappa shape index (κ3) is 2.68. The maximum atomic E-state index is 11.9. The van der Waals surface area contributed by atoms with Gasteiger partial charge in [0.15, 0.2) is 0 Å². The van der Waals surface area contributed by atoms with E-state index >= 15 is 0 Å². The Hall–Kier alpha value is -1.46. The molecule has 1 aliphatic rings. The second-order valence-corrected chi connectivity index (χ2v) is 4.72. The van der Waals surface area contributed by atoms with E-state index in [9.17, 15) is 9.59 Å². The summed E-state index contributed by atoms with van der Waals surface area (Å²) in [5.74, 6) is -0.346. The van der Waals surface area contributed by atoms with Crippen molar-refractivity contribution in [1.82, 2.24) is 4.90 Å². The van der Waals surface area contributed by atoms with Gasteiger partial charge in [-0.3, -0.25) is 9.69 Å². The molecule has 96 valence electrons. The molecule has 0 radical (unpaired) electrons. The van der Waals surface area contributed by atoms with Gasteiger partial charge in [-0.15, -0.1) is 0 Å². The van der Waals surface area contributed by atoms with Crippen LogP contribution in [-0.4, -0.2) is 36.6 Å². The molecule has 1 unspecified atom stereocenters. The summed E-state index contributed by atoms with van der Waals surface area (Å²) in [4.78, 5) is 24.3. The summed E-state index contributed by atoms with van der Waals surface area (Å²) >= 11 is 11.6. The third-order valence-corrected chi connectivity index (χ3v) is 2.99. The van der Waals surface area contributed by atoms with Crippen molar-refractivity contribution in [2.45, 2.75) is 6.04 Å². The zero-order valence-corrected chi connectivity index (χ0v) is 11.0. The van der Waals surface area contributed by atoms with Crippen LogP contribution in [0.2, 0.25) is 10.0 Å². The molecule has 2 rings (SSSR count). The number of carbonyl (C=O) groups excluding carboxylic acids is 2. The lowest BCUT2D eigenvalue weighted by atomic mass is 10.2. The molecular weight excluding hydrogens is 279 g/mol. The second-order valence-electron chi connectivity index (χ2n) is 3.85. The van der Waals surface area contributed by atoms with E-state index in [1.807, 2.05) is 0 Å². The molecule has 1 heterocycles. The summed E-state index contributed by atoms with van der Waals surface area (Å²) in [5.41, 5.74) is 0.477. The van der Waals surface area contributed by atoms with Crippen LogP contribution in [0.25, 0.3) is 0 Å². The fourth-order valence-corrected chi connectivity index (χ4v) is 2.12. The highest BCUT2D eigenvalue weighted by Gasteiger charge is 2.35. The molecule has 0 saturated carbocycles. The van der Waals surface area contributed by atoms with Crippen molar-refractivity contribution in [3.8, 4) is 0 Å². The predicted octanol–water partition coefficient (Wildman–Crippen LogP) is 2.38. The van der Waals surface area contributed by atoms with E-state index in [2.05, 4.69) is 5.32 Å². The number of nitrogens with zero attached hydrogens (tertiary/aromatic N) is 1. The smallest absolute Gasteiger partial charge is 0.410 e. The van der Waals surface area contributed by atoms with Crippen LogP contribution in [0.1, 0.15) is 0 Å². The number of carbonyl (C=O) groups is 2. The predicted molar refractivity (Wildman–Crippen MR) is 68.0 cm³/mol. The van der Waals surface area contributed by atoms with Gasteiger partial charge in [-0.2, -0.15) is 0 Å². The molecule has 1 aromatic rings. The lowest BCUT2D eigenvalue weighted by Gasteiger charge is -2.15. The number of hydrogen-bond donors (Lipinski definition) is 1. The van der Waals surface area contributed by atoms with E-state index in [0.29, 0.717) is 15.7 Å². The van der Waals surface area contributed by atoms with Gasteiger partial charge < -0.3 is 10.1 Å². The number of benzene rings is 1. The summed E-state index contributed by atoms with van der Waals surface area (Å²) in [7, 11) is 1.50. The normalized spacial score (nSPS) is 18.7. The zero-order valence-electron chi connectivity index (χ0n) is 9.44. The van der Waals surface area contributed by atoms with Gasteiger partial charge in [0.2, 0.25) is 0 Å². The fraction of sp³-hybridized carbons (Fsp3) is 0.273. The van der Waals surface area contributed by atoms with Gasteiger partial charge in [0.05, 0.1) is 0 Å². The molecule has 1 aliphatic heterocycles. The molecule has 1 atom stereocenters. The van der Waals surface area contributed by atoms with Gasteiger partial charge in [0.1, 0.15) is 12.6 Å². The molecule has 0 aliphatic carbocycles. The highest BCUT2D eigenvalue weighted by Crippen LogP contribution is 2.23. The van der Waals surface area contributed by atoms with Crippen molar-refractivity contribution in [1.29, 1.82) is 0 Å². The average Bonchev–Trinajstić information content (AvgIpc) is 2.58. The second kappa shape index (κ2) is 5.04. The minimum atomic E-state index is -0.643. The van der Waals surface area contributed by atoms with Crippen molar-refractivity contribution in [2.24, 2.45) is 0 Å². The van der Waals surface area contributed by atoms with Crippen LogP contribution in [0.4, 0.5) is 10.5 Å². The van der Waals surface area contributed by atoms with Crippen LogP contribution in [0.15, 0.2) is 18.2 Å². The average molecular weight is 289 g/mol. The number of likely N-dealkylation sites (N-methyl/N-ethyl adjacent to an activating group) is 1. The Labute approximate surface area is 114 Å². The number of anilines is 1. The van der Waals surface area contributed by atoms with E-state index in [1.54, 1.807) is 18.2 Å². The molecule has 2 amide bonds. The quantitative estimate of drug-likeness (QED) is 0.909. The Bertz CT molecular complexity index is 487. The summed E-state index contributed by atoms with van der Waals surface area (Å²) in [6.45, 7) is 0.0372. The Morgan fingerprint density at radius 1 is 1.39 bits per heavy atom. The maximum absolute atomic E-state index is 11.9. The van der Waals surface area contributed by atoms with Gasteiger partial charge in [0.25, 0.3) is 5.91 Å². The standard InChI is InChI=1S/C11H10Cl2N2O3/c1-15-9(5-18-11(15)17)10(16)14-8-3-6(12)2-7(13)4-8/h2-4,9H,5H2,1H3,(H,14,16). The lowest BCUT2D eigenvalue weighted by Crippen LogP contribution is -2.40. The topological polar surface area (TPSA) is 58.6 Å². The first-order chi connectivity index (χ1) is 8.47. The van der Waals surface area contributed by atoms with Gasteiger partial charge in [0, 0.05) is 22.8 Å². The number of ether oxygens (including phenoxy) is 1. The van der Waals surface area contributed by atoms with E-state index in [-0.39, 0.29) is 12.5 Å². The van der Waals surface area contributed by atoms with Gasteiger partial charge in [-0.05, 0) is 18.2 Å². The number of rotatable bonds is 2. The monoisotopic (exact) mass is 288 g/mol. The SMILES string of the molecule is CN1C(=O)OCC1C(=O)Nc1cc(Cl)cc(Cl)c1. The van der Waals surface area contributed by atoms with E-state index in [1.165, 1.54) is 11.9 Å². The summed E-state index contributed by atoms with van der Waals surface area (Å²) < 4.78 is 4.76. The van der Waals surface area contributed by atoms with Crippen molar-refractivity contribution < 1.29 is 14.3 Å². The molecule has 1 N–H and O–H groups in total. The molecule has 1 saturated heterocycles. The molecule has 0 aromatic heterocycles. The molecule has 5 nitrogen and oxygen atoms in total. The molecule has 0 bridgehead atoms. The number of cyclic esters (lactones) is 1. The van der Waals surface area contributed by atoms with Crippen LogP contribution < -0.4 is 5.32 Å². The summed E-state index contributed by atoms with van der Waals surface area (Å²) in [6.07, 6.45) is -0.515. The van der Waals surface area contributed by atoms with Crippen LogP contribution in [0, 0.1) is 0 Å². The first-order valence-electron chi connectivity index (χ1n) is 5.14.